The lowest BCUT2D eigenvalue weighted by molar-refractivity contribution is -0.127. The van der Waals surface area contributed by atoms with Gasteiger partial charge in [0.05, 0.1) is 6.10 Å². The number of rotatable bonds is 6. The molecule has 2 unspecified atom stereocenters. The second-order valence-electron chi connectivity index (χ2n) is 7.24. The maximum absolute atomic E-state index is 11.9. The Morgan fingerprint density at radius 1 is 1.05 bits per heavy atom. The van der Waals surface area contributed by atoms with Crippen LogP contribution in [0.4, 0.5) is 0 Å². The molecular weight excluding hydrogens is 280 g/mol. The van der Waals surface area contributed by atoms with Gasteiger partial charge in [0.15, 0.2) is 0 Å². The number of hydrogen-bond acceptors (Lipinski definition) is 3. The lowest BCUT2D eigenvalue weighted by atomic mass is 9.73. The van der Waals surface area contributed by atoms with Crippen molar-refractivity contribution in [1.29, 1.82) is 0 Å². The Labute approximate surface area is 133 Å². The molecule has 5 nitrogen and oxygen atoms in total. The normalized spacial score (nSPS) is 29.3. The summed E-state index contributed by atoms with van der Waals surface area (Å²) >= 11 is 0. The molecule has 126 valence electrons. The fourth-order valence-electron chi connectivity index (χ4n) is 3.57. The molecule has 0 aliphatic heterocycles. The van der Waals surface area contributed by atoms with E-state index in [0.717, 1.165) is 38.5 Å². The standard InChI is InChI=1S/C17H30N2O3/c1-17(11-5-4-8-14(17)20)12-18-15(21)9-10-16(22)19-13-6-2-3-7-13/h13-14,20H,2-12H2,1H3,(H,18,21)(H,19,22). The maximum Gasteiger partial charge on any atom is 0.220 e. The van der Waals surface area contributed by atoms with Crippen molar-refractivity contribution in [2.24, 2.45) is 5.41 Å². The molecule has 2 atom stereocenters. The fourth-order valence-corrected chi connectivity index (χ4v) is 3.57. The molecule has 0 radical (unpaired) electrons. The number of aliphatic hydroxyl groups is 1. The van der Waals surface area contributed by atoms with E-state index in [0.29, 0.717) is 12.6 Å². The largest absolute Gasteiger partial charge is 0.392 e. The first-order valence-electron chi connectivity index (χ1n) is 8.74. The Morgan fingerprint density at radius 3 is 2.36 bits per heavy atom. The Kier molecular flexibility index (Phi) is 6.24. The molecule has 2 saturated carbocycles. The lowest BCUT2D eigenvalue weighted by Gasteiger charge is -2.38. The molecule has 2 fully saturated rings. The van der Waals surface area contributed by atoms with Crippen LogP contribution in [0.1, 0.15) is 71.1 Å². The highest BCUT2D eigenvalue weighted by Gasteiger charge is 2.35. The highest BCUT2D eigenvalue weighted by Crippen LogP contribution is 2.35. The van der Waals surface area contributed by atoms with Gasteiger partial charge in [-0.25, -0.2) is 0 Å². The average Bonchev–Trinajstić information content (AvgIpc) is 2.99. The van der Waals surface area contributed by atoms with Crippen LogP contribution in [0.2, 0.25) is 0 Å². The van der Waals surface area contributed by atoms with Crippen LogP contribution in [0, 0.1) is 5.41 Å². The predicted octanol–water partition coefficient (Wildman–Crippen LogP) is 1.88. The minimum absolute atomic E-state index is 0.0223. The summed E-state index contributed by atoms with van der Waals surface area (Å²) in [6.07, 6.45) is 8.56. The molecule has 0 heterocycles. The van der Waals surface area contributed by atoms with Crippen LogP contribution in [-0.4, -0.2) is 35.6 Å². The number of nitrogens with one attached hydrogen (secondary N) is 2. The van der Waals surface area contributed by atoms with Crippen molar-refractivity contribution in [3.05, 3.63) is 0 Å². The molecule has 0 aromatic carbocycles. The van der Waals surface area contributed by atoms with Crippen LogP contribution in [0.3, 0.4) is 0 Å². The summed E-state index contributed by atoms with van der Waals surface area (Å²) in [5.41, 5.74) is -0.222. The van der Waals surface area contributed by atoms with Crippen LogP contribution in [0.15, 0.2) is 0 Å². The Hall–Kier alpha value is -1.10. The molecule has 2 aliphatic carbocycles. The van der Waals surface area contributed by atoms with Crippen molar-refractivity contribution >= 4 is 11.8 Å². The zero-order chi connectivity index (χ0) is 16.0. The van der Waals surface area contributed by atoms with E-state index >= 15 is 0 Å². The molecule has 22 heavy (non-hydrogen) atoms. The van der Waals surface area contributed by atoms with Gasteiger partial charge < -0.3 is 15.7 Å². The van der Waals surface area contributed by atoms with Crippen LogP contribution in [-0.2, 0) is 9.59 Å². The van der Waals surface area contributed by atoms with Crippen LogP contribution in [0.5, 0.6) is 0 Å². The smallest absolute Gasteiger partial charge is 0.220 e. The third-order valence-electron chi connectivity index (χ3n) is 5.27. The monoisotopic (exact) mass is 310 g/mol. The highest BCUT2D eigenvalue weighted by atomic mass is 16.3. The Bertz CT molecular complexity index is 393. The maximum atomic E-state index is 11.9. The summed E-state index contributed by atoms with van der Waals surface area (Å²) < 4.78 is 0. The second kappa shape index (κ2) is 7.95. The molecule has 0 bridgehead atoms. The third-order valence-corrected chi connectivity index (χ3v) is 5.27. The minimum Gasteiger partial charge on any atom is -0.392 e. The minimum atomic E-state index is -0.341. The van der Waals surface area contributed by atoms with E-state index in [2.05, 4.69) is 10.6 Å². The summed E-state index contributed by atoms with van der Waals surface area (Å²) in [6, 6.07) is 0.312. The lowest BCUT2D eigenvalue weighted by Crippen LogP contribution is -2.45. The summed E-state index contributed by atoms with van der Waals surface area (Å²) in [6.45, 7) is 2.53. The van der Waals surface area contributed by atoms with Gasteiger partial charge in [0, 0.05) is 30.8 Å². The van der Waals surface area contributed by atoms with Crippen LogP contribution >= 0.6 is 0 Å². The van der Waals surface area contributed by atoms with E-state index in [1.54, 1.807) is 0 Å². The van der Waals surface area contributed by atoms with Gasteiger partial charge in [0.25, 0.3) is 0 Å². The van der Waals surface area contributed by atoms with Gasteiger partial charge in [-0.3, -0.25) is 9.59 Å². The molecule has 0 spiro atoms. The molecule has 5 heteroatoms. The molecule has 0 saturated heterocycles. The highest BCUT2D eigenvalue weighted by molar-refractivity contribution is 5.83. The van der Waals surface area contributed by atoms with E-state index in [-0.39, 0.29) is 36.2 Å². The molecule has 2 amide bonds. The van der Waals surface area contributed by atoms with Gasteiger partial charge in [-0.05, 0) is 25.7 Å². The van der Waals surface area contributed by atoms with Gasteiger partial charge in [0.1, 0.15) is 0 Å². The number of hydrogen-bond donors (Lipinski definition) is 3. The number of carbonyl (C=O) groups excluding carboxylic acids is 2. The predicted molar refractivity (Wildman–Crippen MR) is 85.2 cm³/mol. The fraction of sp³-hybridized carbons (Fsp3) is 0.882. The zero-order valence-corrected chi connectivity index (χ0v) is 13.7. The van der Waals surface area contributed by atoms with Crippen LogP contribution < -0.4 is 10.6 Å². The van der Waals surface area contributed by atoms with Crippen molar-refractivity contribution < 1.29 is 14.7 Å². The van der Waals surface area contributed by atoms with Gasteiger partial charge in [-0.15, -0.1) is 0 Å². The topological polar surface area (TPSA) is 78.4 Å². The van der Waals surface area contributed by atoms with E-state index in [4.69, 9.17) is 0 Å². The molecule has 2 aliphatic rings. The van der Waals surface area contributed by atoms with Crippen molar-refractivity contribution in [1.82, 2.24) is 10.6 Å². The number of aliphatic hydroxyl groups excluding tert-OH is 1. The summed E-state index contributed by atoms with van der Waals surface area (Å²) in [5.74, 6) is -0.119. The summed E-state index contributed by atoms with van der Waals surface area (Å²) in [7, 11) is 0. The van der Waals surface area contributed by atoms with Crippen molar-refractivity contribution in [2.45, 2.75) is 83.3 Å². The van der Waals surface area contributed by atoms with E-state index < -0.39 is 0 Å². The van der Waals surface area contributed by atoms with Crippen LogP contribution in [0.25, 0.3) is 0 Å². The van der Waals surface area contributed by atoms with E-state index in [9.17, 15) is 14.7 Å². The Morgan fingerprint density at radius 2 is 1.68 bits per heavy atom. The first kappa shape index (κ1) is 17.3. The first-order chi connectivity index (χ1) is 10.5. The van der Waals surface area contributed by atoms with Gasteiger partial charge in [-0.2, -0.15) is 0 Å². The van der Waals surface area contributed by atoms with Crippen molar-refractivity contribution in [2.75, 3.05) is 6.54 Å². The van der Waals surface area contributed by atoms with Crippen molar-refractivity contribution in [3.8, 4) is 0 Å². The number of amides is 2. The van der Waals surface area contributed by atoms with Gasteiger partial charge >= 0.3 is 0 Å². The van der Waals surface area contributed by atoms with Gasteiger partial charge in [-0.1, -0.05) is 32.6 Å². The summed E-state index contributed by atoms with van der Waals surface area (Å²) in [5, 5.41) is 16.0. The molecule has 2 rings (SSSR count). The molecule has 3 N–H and O–H groups in total. The second-order valence-corrected chi connectivity index (χ2v) is 7.24. The van der Waals surface area contributed by atoms with Gasteiger partial charge in [0.2, 0.25) is 11.8 Å². The first-order valence-corrected chi connectivity index (χ1v) is 8.74. The molecular formula is C17H30N2O3. The molecule has 0 aromatic rings. The van der Waals surface area contributed by atoms with Crippen molar-refractivity contribution in [3.63, 3.8) is 0 Å². The zero-order valence-electron chi connectivity index (χ0n) is 13.7. The van der Waals surface area contributed by atoms with E-state index in [1.807, 2.05) is 6.92 Å². The SMILES string of the molecule is CC1(CNC(=O)CCC(=O)NC2CCCC2)CCCCC1O. The Balaban J connectivity index is 1.63. The molecule has 0 aromatic heterocycles. The van der Waals surface area contributed by atoms with E-state index in [1.165, 1.54) is 12.8 Å². The average molecular weight is 310 g/mol. The number of carbonyl (C=O) groups is 2. The third kappa shape index (κ3) is 4.97. The quantitative estimate of drug-likeness (QED) is 0.701. The summed E-state index contributed by atoms with van der Waals surface area (Å²) in [4.78, 5) is 23.7.